The molecule has 27 heavy (non-hydrogen) atoms. The van der Waals surface area contributed by atoms with Crippen LogP contribution in [0.3, 0.4) is 0 Å². The number of hydrogen-bond acceptors (Lipinski definition) is 3. The number of carbonyl (C=O) groups excluding carboxylic acids is 1. The zero-order chi connectivity index (χ0) is 19.6. The third-order valence-corrected chi connectivity index (χ3v) is 4.51. The molecule has 1 unspecified atom stereocenters. The second-order valence-corrected chi connectivity index (χ2v) is 6.84. The highest BCUT2D eigenvalue weighted by atomic mass is 32.1. The van der Waals surface area contributed by atoms with Crippen LogP contribution in [0.1, 0.15) is 48.4 Å². The fourth-order valence-corrected chi connectivity index (χ4v) is 2.97. The third-order valence-electron chi connectivity index (χ3n) is 4.27. The summed E-state index contributed by atoms with van der Waals surface area (Å²) < 4.78 is 0. The highest BCUT2D eigenvalue weighted by molar-refractivity contribution is 7.80. The number of nitrogens with one attached hydrogen (secondary N) is 1. The van der Waals surface area contributed by atoms with Crippen molar-refractivity contribution in [3.05, 3.63) is 71.3 Å². The molecule has 0 radical (unpaired) electrons. The number of unbranched alkanes of at least 4 members (excludes halogenated alkanes) is 1. The van der Waals surface area contributed by atoms with Crippen LogP contribution >= 0.6 is 12.2 Å². The molecule has 142 valence electrons. The maximum atomic E-state index is 12.2. The van der Waals surface area contributed by atoms with Crippen LogP contribution in [0.25, 0.3) is 0 Å². The molecule has 0 aliphatic carbocycles. The van der Waals surface area contributed by atoms with Crippen LogP contribution < -0.4 is 11.1 Å². The Morgan fingerprint density at radius 3 is 2.30 bits per heavy atom. The molecule has 2 aromatic carbocycles. The number of aliphatic carboxylic acids is 1. The molecular weight excluding hydrogens is 360 g/mol. The maximum Gasteiger partial charge on any atom is 0.305 e. The Labute approximate surface area is 164 Å². The van der Waals surface area contributed by atoms with Gasteiger partial charge in [-0.1, -0.05) is 66.8 Å². The molecule has 1 amide bonds. The van der Waals surface area contributed by atoms with Crippen LogP contribution in [0.4, 0.5) is 0 Å². The zero-order valence-electron chi connectivity index (χ0n) is 15.1. The monoisotopic (exact) mass is 384 g/mol. The number of amides is 1. The van der Waals surface area contributed by atoms with Crippen LogP contribution in [-0.4, -0.2) is 22.0 Å². The minimum Gasteiger partial charge on any atom is -0.481 e. The lowest BCUT2D eigenvalue weighted by atomic mass is 10.0. The van der Waals surface area contributed by atoms with Gasteiger partial charge in [0.2, 0.25) is 5.91 Å². The van der Waals surface area contributed by atoms with E-state index < -0.39 is 12.0 Å². The average Bonchev–Trinajstić information content (AvgIpc) is 2.65. The molecule has 1 atom stereocenters. The van der Waals surface area contributed by atoms with Gasteiger partial charge in [-0.2, -0.15) is 0 Å². The maximum absolute atomic E-state index is 12.2. The predicted octanol–water partition coefficient (Wildman–Crippen LogP) is 3.37. The van der Waals surface area contributed by atoms with E-state index in [0.717, 1.165) is 30.4 Å². The van der Waals surface area contributed by atoms with Gasteiger partial charge in [0.1, 0.15) is 4.99 Å². The highest BCUT2D eigenvalue weighted by Gasteiger charge is 2.17. The van der Waals surface area contributed by atoms with E-state index in [9.17, 15) is 9.59 Å². The predicted molar refractivity (Wildman–Crippen MR) is 109 cm³/mol. The molecule has 0 aromatic heterocycles. The Bertz CT molecular complexity index is 776. The summed E-state index contributed by atoms with van der Waals surface area (Å²) in [5.41, 5.74) is 8.39. The summed E-state index contributed by atoms with van der Waals surface area (Å²) in [4.78, 5) is 23.7. The number of benzene rings is 2. The minimum atomic E-state index is -0.940. The molecule has 0 bridgehead atoms. The lowest BCUT2D eigenvalue weighted by Gasteiger charge is -2.17. The first-order valence-electron chi connectivity index (χ1n) is 8.90. The van der Waals surface area contributed by atoms with Crippen molar-refractivity contribution in [1.82, 2.24) is 5.32 Å². The van der Waals surface area contributed by atoms with Crippen molar-refractivity contribution < 1.29 is 14.7 Å². The van der Waals surface area contributed by atoms with Crippen molar-refractivity contribution in [3.63, 3.8) is 0 Å². The summed E-state index contributed by atoms with van der Waals surface area (Å²) in [6.45, 7) is 0. The summed E-state index contributed by atoms with van der Waals surface area (Å²) in [6, 6.07) is 16.5. The van der Waals surface area contributed by atoms with Crippen LogP contribution in [0.15, 0.2) is 54.6 Å². The molecule has 2 aromatic rings. The topological polar surface area (TPSA) is 92.4 Å². The van der Waals surface area contributed by atoms with Gasteiger partial charge in [0.05, 0.1) is 12.5 Å². The van der Waals surface area contributed by atoms with E-state index in [2.05, 4.69) is 5.32 Å². The van der Waals surface area contributed by atoms with Crippen molar-refractivity contribution in [2.24, 2.45) is 5.73 Å². The van der Waals surface area contributed by atoms with Crippen molar-refractivity contribution in [2.75, 3.05) is 0 Å². The molecule has 0 fully saturated rings. The van der Waals surface area contributed by atoms with Crippen molar-refractivity contribution in [1.29, 1.82) is 0 Å². The van der Waals surface area contributed by atoms with Crippen molar-refractivity contribution in [2.45, 2.75) is 38.1 Å². The lowest BCUT2D eigenvalue weighted by Crippen LogP contribution is -2.30. The number of rotatable bonds is 10. The van der Waals surface area contributed by atoms with Crippen LogP contribution in [0, 0.1) is 0 Å². The quantitative estimate of drug-likeness (QED) is 0.431. The summed E-state index contributed by atoms with van der Waals surface area (Å²) in [7, 11) is 0. The van der Waals surface area contributed by atoms with Crippen molar-refractivity contribution in [3.8, 4) is 0 Å². The Hall–Kier alpha value is -2.73. The fraction of sp³-hybridized carbons (Fsp3) is 0.286. The molecule has 0 aliphatic rings. The molecule has 0 saturated carbocycles. The van der Waals surface area contributed by atoms with E-state index in [0.29, 0.717) is 11.4 Å². The third kappa shape index (κ3) is 7.19. The summed E-state index contributed by atoms with van der Waals surface area (Å²) >= 11 is 4.93. The normalized spacial score (nSPS) is 11.6. The second-order valence-electron chi connectivity index (χ2n) is 6.40. The van der Waals surface area contributed by atoms with E-state index >= 15 is 0 Å². The summed E-state index contributed by atoms with van der Waals surface area (Å²) in [5.74, 6) is -1.07. The number of carboxylic acid groups (broad SMARTS) is 1. The standard InChI is InChI=1S/C21H24N2O3S/c22-21(27)17-12-10-15(11-13-17)6-4-5-9-19(24)23-18(14-20(25)26)16-7-2-1-3-8-16/h1-3,7-8,10-13,18H,4-6,9,14H2,(H2,22,27)(H,23,24)(H,25,26). The first kappa shape index (κ1) is 20.6. The van der Waals surface area contributed by atoms with Gasteiger partial charge in [-0.15, -0.1) is 0 Å². The van der Waals surface area contributed by atoms with Gasteiger partial charge >= 0.3 is 5.97 Å². The molecule has 6 heteroatoms. The molecule has 0 saturated heterocycles. The van der Waals surface area contributed by atoms with Crippen LogP contribution in [0.5, 0.6) is 0 Å². The highest BCUT2D eigenvalue weighted by Crippen LogP contribution is 2.17. The van der Waals surface area contributed by atoms with Gasteiger partial charge in [-0.25, -0.2) is 0 Å². The number of thiocarbonyl (C=S) groups is 1. The van der Waals surface area contributed by atoms with Crippen LogP contribution in [-0.2, 0) is 16.0 Å². The van der Waals surface area contributed by atoms with Gasteiger partial charge in [-0.3, -0.25) is 9.59 Å². The van der Waals surface area contributed by atoms with Crippen LogP contribution in [0.2, 0.25) is 0 Å². The molecule has 2 rings (SSSR count). The molecule has 0 aliphatic heterocycles. The summed E-state index contributed by atoms with van der Waals surface area (Å²) in [6.07, 6.45) is 2.70. The zero-order valence-corrected chi connectivity index (χ0v) is 15.9. The summed E-state index contributed by atoms with van der Waals surface area (Å²) in [5, 5.41) is 11.9. The Morgan fingerprint density at radius 2 is 1.70 bits per heavy atom. The van der Waals surface area contributed by atoms with E-state index in [1.807, 2.05) is 54.6 Å². The minimum absolute atomic E-state index is 0.131. The number of aryl methyl sites for hydroxylation is 1. The van der Waals surface area contributed by atoms with E-state index in [1.165, 1.54) is 5.56 Å². The lowest BCUT2D eigenvalue weighted by molar-refractivity contribution is -0.137. The second kappa shape index (κ2) is 10.4. The van der Waals surface area contributed by atoms with E-state index in [-0.39, 0.29) is 12.3 Å². The van der Waals surface area contributed by atoms with E-state index in [1.54, 1.807) is 0 Å². The fourth-order valence-electron chi connectivity index (χ4n) is 2.83. The average molecular weight is 385 g/mol. The van der Waals surface area contributed by atoms with Gasteiger partial charge < -0.3 is 16.2 Å². The number of carbonyl (C=O) groups is 2. The number of nitrogens with two attached hydrogens (primary N) is 1. The van der Waals surface area contributed by atoms with E-state index in [4.69, 9.17) is 23.1 Å². The Balaban J connectivity index is 1.78. The molecule has 0 heterocycles. The largest absolute Gasteiger partial charge is 0.481 e. The van der Waals surface area contributed by atoms with Gasteiger partial charge in [0.15, 0.2) is 0 Å². The van der Waals surface area contributed by atoms with Crippen molar-refractivity contribution >= 4 is 29.1 Å². The molecule has 4 N–H and O–H groups in total. The van der Waals surface area contributed by atoms with Gasteiger partial charge in [0.25, 0.3) is 0 Å². The van der Waals surface area contributed by atoms with Gasteiger partial charge in [-0.05, 0) is 30.4 Å². The Morgan fingerprint density at radius 1 is 1.04 bits per heavy atom. The number of hydrogen-bond donors (Lipinski definition) is 3. The Kier molecular flexibility index (Phi) is 7.95. The van der Waals surface area contributed by atoms with Gasteiger partial charge in [0, 0.05) is 12.0 Å². The first-order valence-corrected chi connectivity index (χ1v) is 9.31. The first-order chi connectivity index (χ1) is 13.0. The molecule has 5 nitrogen and oxygen atoms in total. The molecule has 0 spiro atoms. The molecular formula is C21H24N2O3S. The smallest absolute Gasteiger partial charge is 0.305 e. The SMILES string of the molecule is NC(=S)c1ccc(CCCCC(=O)NC(CC(=O)O)c2ccccc2)cc1. The number of carboxylic acids is 1.